The summed E-state index contributed by atoms with van der Waals surface area (Å²) in [5.74, 6) is -0.606. The fourth-order valence-electron chi connectivity index (χ4n) is 4.50. The molecule has 4 unspecified atom stereocenters. The number of carbonyl (C=O) groups excluding carboxylic acids is 1. The molecule has 0 aromatic rings. The molecule has 0 fully saturated rings. The minimum absolute atomic E-state index is 0.359. The third-order valence-corrected chi connectivity index (χ3v) is 7.07. The Bertz CT molecular complexity index is 634. The van der Waals surface area contributed by atoms with Crippen molar-refractivity contribution < 1.29 is 25.2 Å². The summed E-state index contributed by atoms with van der Waals surface area (Å²) in [7, 11) is 0. The van der Waals surface area contributed by atoms with Gasteiger partial charge in [0.05, 0.1) is 18.8 Å². The monoisotopic (exact) mass is 551 g/mol. The SMILES string of the molecule is CC/C=C/CC/C=C/CC/C=C/CCCC(O)C(O)C(CO)NC(=O)C(O)CCCCCCCCCCCC. The topological polar surface area (TPSA) is 110 Å². The lowest BCUT2D eigenvalue weighted by molar-refractivity contribution is -0.132. The van der Waals surface area contributed by atoms with E-state index in [4.69, 9.17) is 0 Å². The highest BCUT2D eigenvalue weighted by molar-refractivity contribution is 5.80. The van der Waals surface area contributed by atoms with E-state index in [0.29, 0.717) is 19.3 Å². The number of carbonyl (C=O) groups is 1. The van der Waals surface area contributed by atoms with Gasteiger partial charge in [-0.25, -0.2) is 0 Å². The summed E-state index contributed by atoms with van der Waals surface area (Å²) in [6.07, 6.45) is 28.8. The zero-order valence-electron chi connectivity index (χ0n) is 25.1. The molecule has 6 nitrogen and oxygen atoms in total. The maximum Gasteiger partial charge on any atom is 0.249 e. The Hall–Kier alpha value is -1.47. The number of allylic oxidation sites excluding steroid dienone is 6. The molecule has 0 aliphatic rings. The van der Waals surface area contributed by atoms with Crippen LogP contribution in [0.2, 0.25) is 0 Å². The summed E-state index contributed by atoms with van der Waals surface area (Å²) in [5, 5.41) is 43.1. The summed E-state index contributed by atoms with van der Waals surface area (Å²) in [6, 6.07) is -1.00. The maximum absolute atomic E-state index is 12.3. The smallest absolute Gasteiger partial charge is 0.249 e. The van der Waals surface area contributed by atoms with Crippen molar-refractivity contribution in [1.29, 1.82) is 0 Å². The number of aliphatic hydroxyl groups excluding tert-OH is 4. The molecule has 1 amide bonds. The highest BCUT2D eigenvalue weighted by Crippen LogP contribution is 2.13. The van der Waals surface area contributed by atoms with E-state index in [1.54, 1.807) is 0 Å². The highest BCUT2D eigenvalue weighted by Gasteiger charge is 2.28. The molecule has 4 atom stereocenters. The summed E-state index contributed by atoms with van der Waals surface area (Å²) < 4.78 is 0. The van der Waals surface area contributed by atoms with Crippen LogP contribution >= 0.6 is 0 Å². The van der Waals surface area contributed by atoms with Gasteiger partial charge in [0.15, 0.2) is 0 Å². The van der Waals surface area contributed by atoms with Crippen LogP contribution < -0.4 is 5.32 Å². The fraction of sp³-hybridized carbons (Fsp3) is 0.788. The molecule has 0 saturated heterocycles. The normalized spacial score (nSPS) is 15.3. The molecule has 0 aliphatic carbocycles. The van der Waals surface area contributed by atoms with Gasteiger partial charge in [-0.05, 0) is 57.8 Å². The van der Waals surface area contributed by atoms with Crippen molar-refractivity contribution in [3.05, 3.63) is 36.5 Å². The average Bonchev–Trinajstić information content (AvgIpc) is 2.94. The van der Waals surface area contributed by atoms with Crippen molar-refractivity contribution in [3.8, 4) is 0 Å². The minimum Gasteiger partial charge on any atom is -0.394 e. The van der Waals surface area contributed by atoms with E-state index in [0.717, 1.165) is 57.8 Å². The second kappa shape index (κ2) is 28.1. The third kappa shape index (κ3) is 23.0. The molecule has 5 N–H and O–H groups in total. The van der Waals surface area contributed by atoms with Gasteiger partial charge in [-0.1, -0.05) is 115 Å². The maximum atomic E-state index is 12.3. The molecule has 0 heterocycles. The molecule has 0 aliphatic heterocycles. The number of unbranched alkanes of at least 4 members (excludes halogenated alkanes) is 12. The molecular formula is C33H61NO5. The van der Waals surface area contributed by atoms with Crippen LogP contribution in [0.15, 0.2) is 36.5 Å². The van der Waals surface area contributed by atoms with Crippen molar-refractivity contribution in [2.45, 2.75) is 160 Å². The third-order valence-electron chi connectivity index (χ3n) is 7.07. The Morgan fingerprint density at radius 3 is 1.64 bits per heavy atom. The van der Waals surface area contributed by atoms with E-state index in [-0.39, 0.29) is 0 Å². The van der Waals surface area contributed by atoms with Crippen molar-refractivity contribution in [2.75, 3.05) is 6.61 Å². The number of rotatable bonds is 27. The fourth-order valence-corrected chi connectivity index (χ4v) is 4.50. The number of aliphatic hydroxyl groups is 4. The zero-order valence-corrected chi connectivity index (χ0v) is 25.1. The van der Waals surface area contributed by atoms with Crippen LogP contribution in [0, 0.1) is 0 Å². The molecule has 39 heavy (non-hydrogen) atoms. The number of amides is 1. The lowest BCUT2D eigenvalue weighted by Gasteiger charge is -2.27. The first-order valence-electron chi connectivity index (χ1n) is 15.9. The van der Waals surface area contributed by atoms with Crippen molar-refractivity contribution in [1.82, 2.24) is 5.32 Å². The molecular weight excluding hydrogens is 490 g/mol. The Balaban J connectivity index is 4.00. The first-order valence-corrected chi connectivity index (χ1v) is 15.9. The van der Waals surface area contributed by atoms with Gasteiger partial charge in [-0.2, -0.15) is 0 Å². The van der Waals surface area contributed by atoms with Gasteiger partial charge >= 0.3 is 0 Å². The van der Waals surface area contributed by atoms with E-state index < -0.39 is 36.9 Å². The first-order chi connectivity index (χ1) is 19.0. The average molecular weight is 552 g/mol. The Labute approximate surface area is 239 Å². The lowest BCUT2D eigenvalue weighted by atomic mass is 10.00. The molecule has 0 aromatic heterocycles. The molecule has 0 aromatic carbocycles. The second-order valence-electron chi connectivity index (χ2n) is 10.8. The highest BCUT2D eigenvalue weighted by atomic mass is 16.3. The number of nitrogens with one attached hydrogen (secondary N) is 1. The van der Waals surface area contributed by atoms with Crippen molar-refractivity contribution in [3.63, 3.8) is 0 Å². The second-order valence-corrected chi connectivity index (χ2v) is 10.8. The van der Waals surface area contributed by atoms with Gasteiger partial charge in [-0.15, -0.1) is 0 Å². The molecule has 0 bridgehead atoms. The molecule has 0 radical (unpaired) electrons. The summed E-state index contributed by atoms with van der Waals surface area (Å²) >= 11 is 0. The van der Waals surface area contributed by atoms with E-state index >= 15 is 0 Å². The molecule has 228 valence electrons. The standard InChI is InChI=1S/C33H61NO5/c1-3-5-7-9-11-13-15-16-17-19-20-22-24-26-30(36)32(38)29(28-35)34-33(39)31(37)27-25-23-21-18-14-12-10-8-6-4-2/h5,7,13,15,19-20,29-32,35-38H,3-4,6,8-12,14,16-18,21-28H2,1-2H3,(H,34,39)/b7-5+,15-13+,20-19+. The Kier molecular flexibility index (Phi) is 27.0. The van der Waals surface area contributed by atoms with E-state index in [1.807, 2.05) is 0 Å². The van der Waals surface area contributed by atoms with Crippen LogP contribution in [0.1, 0.15) is 136 Å². The molecule has 0 spiro atoms. The Morgan fingerprint density at radius 1 is 0.641 bits per heavy atom. The summed E-state index contributed by atoms with van der Waals surface area (Å²) in [5.41, 5.74) is 0. The summed E-state index contributed by atoms with van der Waals surface area (Å²) in [6.45, 7) is 3.86. The van der Waals surface area contributed by atoms with Gasteiger partial charge in [0.25, 0.3) is 0 Å². The lowest BCUT2D eigenvalue weighted by Crippen LogP contribution is -2.53. The van der Waals surface area contributed by atoms with Gasteiger partial charge < -0.3 is 25.7 Å². The minimum atomic E-state index is -1.29. The van der Waals surface area contributed by atoms with Crippen LogP contribution in [-0.2, 0) is 4.79 Å². The molecule has 6 heteroatoms. The van der Waals surface area contributed by atoms with Crippen molar-refractivity contribution >= 4 is 5.91 Å². The number of hydrogen-bond acceptors (Lipinski definition) is 5. The zero-order chi connectivity index (χ0) is 29.0. The van der Waals surface area contributed by atoms with Gasteiger partial charge in [0, 0.05) is 0 Å². The predicted octanol–water partition coefficient (Wildman–Crippen LogP) is 6.67. The van der Waals surface area contributed by atoms with Crippen LogP contribution in [0.25, 0.3) is 0 Å². The summed E-state index contributed by atoms with van der Waals surface area (Å²) in [4.78, 5) is 12.3. The van der Waals surface area contributed by atoms with E-state index in [1.165, 1.54) is 44.9 Å². The van der Waals surface area contributed by atoms with Gasteiger partial charge in [0.1, 0.15) is 12.2 Å². The van der Waals surface area contributed by atoms with Crippen LogP contribution in [-0.4, -0.2) is 57.3 Å². The van der Waals surface area contributed by atoms with E-state index in [9.17, 15) is 25.2 Å². The predicted molar refractivity (Wildman–Crippen MR) is 164 cm³/mol. The quantitative estimate of drug-likeness (QED) is 0.0579. The number of hydrogen-bond donors (Lipinski definition) is 5. The largest absolute Gasteiger partial charge is 0.394 e. The first kappa shape index (κ1) is 37.5. The van der Waals surface area contributed by atoms with Crippen LogP contribution in [0.5, 0.6) is 0 Å². The molecule has 0 rings (SSSR count). The van der Waals surface area contributed by atoms with Crippen molar-refractivity contribution in [2.24, 2.45) is 0 Å². The van der Waals surface area contributed by atoms with Gasteiger partial charge in [-0.3, -0.25) is 4.79 Å². The van der Waals surface area contributed by atoms with E-state index in [2.05, 4.69) is 55.6 Å². The van der Waals surface area contributed by atoms with Crippen LogP contribution in [0.3, 0.4) is 0 Å². The Morgan fingerprint density at radius 2 is 1.13 bits per heavy atom. The van der Waals surface area contributed by atoms with Crippen LogP contribution in [0.4, 0.5) is 0 Å². The van der Waals surface area contributed by atoms with Gasteiger partial charge in [0.2, 0.25) is 5.91 Å². The molecule has 0 saturated carbocycles.